The van der Waals surface area contributed by atoms with Crippen molar-refractivity contribution in [3.8, 4) is 0 Å². The van der Waals surface area contributed by atoms with Crippen molar-refractivity contribution in [1.82, 2.24) is 0 Å². The van der Waals surface area contributed by atoms with Crippen LogP contribution in [0.1, 0.15) is 15.9 Å². The Morgan fingerprint density at radius 1 is 0.875 bits per heavy atom. The van der Waals surface area contributed by atoms with Gasteiger partial charge in [-0.15, -0.1) is 0 Å². The Kier molecular flexibility index (Phi) is 5.99. The molecule has 1 aliphatic rings. The number of carbonyl (C=O) groups excluding carboxylic acids is 3. The van der Waals surface area contributed by atoms with Gasteiger partial charge in [-0.2, -0.15) is 0 Å². The number of amides is 3. The largest absolute Gasteiger partial charge is 0.350 e. The van der Waals surface area contributed by atoms with Crippen LogP contribution in [-0.4, -0.2) is 17.7 Å². The van der Waals surface area contributed by atoms with Crippen molar-refractivity contribution >= 4 is 58.0 Å². The second kappa shape index (κ2) is 8.86. The summed E-state index contributed by atoms with van der Waals surface area (Å²) >= 11 is 12.1. The van der Waals surface area contributed by atoms with Crippen LogP contribution in [-0.2, 0) is 9.59 Å². The Hall–Kier alpha value is -3.61. The van der Waals surface area contributed by atoms with E-state index in [1.807, 2.05) is 31.2 Å². The Bertz CT molecular complexity index is 1270. The van der Waals surface area contributed by atoms with Crippen molar-refractivity contribution in [3.05, 3.63) is 99.7 Å². The zero-order valence-electron chi connectivity index (χ0n) is 16.9. The van der Waals surface area contributed by atoms with E-state index in [-0.39, 0.29) is 16.6 Å². The van der Waals surface area contributed by atoms with Crippen LogP contribution in [0.5, 0.6) is 0 Å². The topological polar surface area (TPSA) is 78.5 Å². The molecule has 3 amide bonds. The molecule has 0 atom stereocenters. The van der Waals surface area contributed by atoms with Gasteiger partial charge in [-0.05, 0) is 61.0 Å². The molecule has 1 heterocycles. The summed E-state index contributed by atoms with van der Waals surface area (Å²) in [5.41, 5.74) is 2.74. The lowest BCUT2D eigenvalue weighted by molar-refractivity contribution is -0.120. The maximum atomic E-state index is 12.9. The van der Waals surface area contributed by atoms with Crippen molar-refractivity contribution < 1.29 is 14.4 Å². The van der Waals surface area contributed by atoms with E-state index in [2.05, 4.69) is 10.6 Å². The molecule has 32 heavy (non-hydrogen) atoms. The van der Waals surface area contributed by atoms with Crippen molar-refractivity contribution in [3.63, 3.8) is 0 Å². The number of carbonyl (C=O) groups is 3. The lowest BCUT2D eigenvalue weighted by Crippen LogP contribution is -2.32. The van der Waals surface area contributed by atoms with E-state index in [1.165, 1.54) is 0 Å². The molecule has 3 aromatic carbocycles. The number of nitrogens with zero attached hydrogens (tertiary/aromatic N) is 1. The van der Waals surface area contributed by atoms with Crippen molar-refractivity contribution in [2.45, 2.75) is 6.92 Å². The molecule has 6 nitrogen and oxygen atoms in total. The minimum atomic E-state index is -0.644. The average molecular weight is 466 g/mol. The highest BCUT2D eigenvalue weighted by Crippen LogP contribution is 2.31. The highest BCUT2D eigenvalue weighted by Gasteiger charge is 2.38. The summed E-state index contributed by atoms with van der Waals surface area (Å²) in [5.74, 6) is -1.55. The van der Waals surface area contributed by atoms with Crippen LogP contribution in [0.2, 0.25) is 5.02 Å². The van der Waals surface area contributed by atoms with Crippen LogP contribution in [0, 0.1) is 6.92 Å². The lowest BCUT2D eigenvalue weighted by atomic mass is 10.1. The molecule has 0 spiro atoms. The van der Waals surface area contributed by atoms with Crippen molar-refractivity contribution in [1.29, 1.82) is 0 Å². The summed E-state index contributed by atoms with van der Waals surface area (Å²) < 4.78 is 0. The third-order valence-electron chi connectivity index (χ3n) is 4.90. The predicted octanol–water partition coefficient (Wildman–Crippen LogP) is 5.34. The van der Waals surface area contributed by atoms with Crippen LogP contribution in [0.4, 0.5) is 17.1 Å². The first-order chi connectivity index (χ1) is 15.3. The summed E-state index contributed by atoms with van der Waals surface area (Å²) in [5, 5.41) is 5.98. The highest BCUT2D eigenvalue weighted by atomic mass is 35.5. The highest BCUT2D eigenvalue weighted by molar-refractivity contribution is 6.53. The van der Waals surface area contributed by atoms with E-state index >= 15 is 0 Å². The van der Waals surface area contributed by atoms with Gasteiger partial charge in [0.15, 0.2) is 0 Å². The molecule has 0 aromatic heterocycles. The van der Waals surface area contributed by atoms with Crippen LogP contribution in [0.15, 0.2) is 83.5 Å². The molecule has 0 aliphatic carbocycles. The molecule has 0 fully saturated rings. The predicted molar refractivity (Wildman–Crippen MR) is 126 cm³/mol. The fraction of sp³-hybridized carbons (Fsp3) is 0.0417. The van der Waals surface area contributed by atoms with E-state index in [1.54, 1.807) is 48.5 Å². The van der Waals surface area contributed by atoms with E-state index in [0.29, 0.717) is 27.6 Å². The first kappa shape index (κ1) is 21.6. The van der Waals surface area contributed by atoms with Gasteiger partial charge in [0.2, 0.25) is 0 Å². The maximum absolute atomic E-state index is 12.9. The molecule has 4 rings (SSSR count). The van der Waals surface area contributed by atoms with Crippen LogP contribution in [0.3, 0.4) is 0 Å². The second-order valence-corrected chi connectivity index (χ2v) is 7.90. The first-order valence-electron chi connectivity index (χ1n) is 9.63. The Morgan fingerprint density at radius 2 is 1.59 bits per heavy atom. The fourth-order valence-corrected chi connectivity index (χ4v) is 3.56. The lowest BCUT2D eigenvalue weighted by Gasteiger charge is -2.15. The molecule has 160 valence electrons. The maximum Gasteiger partial charge on any atom is 0.283 e. The number of halogens is 2. The van der Waals surface area contributed by atoms with Crippen molar-refractivity contribution in [2.75, 3.05) is 15.5 Å². The smallest absolute Gasteiger partial charge is 0.283 e. The minimum absolute atomic E-state index is 0.0666. The number of benzene rings is 3. The van der Waals surface area contributed by atoms with Gasteiger partial charge in [0.05, 0.1) is 5.69 Å². The normalized spacial score (nSPS) is 13.5. The monoisotopic (exact) mass is 465 g/mol. The number of anilines is 3. The summed E-state index contributed by atoms with van der Waals surface area (Å²) in [6, 6.07) is 20.3. The molecule has 0 saturated heterocycles. The molecule has 2 N–H and O–H groups in total. The van der Waals surface area contributed by atoms with Gasteiger partial charge >= 0.3 is 0 Å². The SMILES string of the molecule is Cc1ccccc1NC(=O)c1cccc(NC2=C(Cl)C(=O)N(c3ccc(Cl)cc3)C2=O)c1. The third-order valence-corrected chi connectivity index (χ3v) is 5.50. The number of hydrogen-bond acceptors (Lipinski definition) is 4. The quantitative estimate of drug-likeness (QED) is 0.498. The van der Waals surface area contributed by atoms with Crippen molar-refractivity contribution in [2.24, 2.45) is 0 Å². The number of para-hydroxylation sites is 1. The van der Waals surface area contributed by atoms with E-state index in [4.69, 9.17) is 23.2 Å². The van der Waals surface area contributed by atoms with Gasteiger partial charge in [-0.3, -0.25) is 14.4 Å². The van der Waals surface area contributed by atoms with Gasteiger partial charge < -0.3 is 10.6 Å². The van der Waals surface area contributed by atoms with Crippen LogP contribution in [0.25, 0.3) is 0 Å². The number of aryl methyl sites for hydroxylation is 1. The molecular weight excluding hydrogens is 449 g/mol. The summed E-state index contributed by atoms with van der Waals surface area (Å²) in [6.45, 7) is 1.90. The molecule has 3 aromatic rings. The average Bonchev–Trinajstić information content (AvgIpc) is 2.99. The van der Waals surface area contributed by atoms with E-state index in [0.717, 1.165) is 10.5 Å². The Morgan fingerprint density at radius 3 is 2.31 bits per heavy atom. The summed E-state index contributed by atoms with van der Waals surface area (Å²) in [7, 11) is 0. The zero-order valence-corrected chi connectivity index (χ0v) is 18.4. The third kappa shape index (κ3) is 4.23. The van der Waals surface area contributed by atoms with Crippen LogP contribution < -0.4 is 15.5 Å². The van der Waals surface area contributed by atoms with E-state index in [9.17, 15) is 14.4 Å². The van der Waals surface area contributed by atoms with E-state index < -0.39 is 11.8 Å². The minimum Gasteiger partial charge on any atom is -0.350 e. The summed E-state index contributed by atoms with van der Waals surface area (Å²) in [6.07, 6.45) is 0. The number of nitrogens with one attached hydrogen (secondary N) is 2. The fourth-order valence-electron chi connectivity index (χ4n) is 3.23. The number of hydrogen-bond donors (Lipinski definition) is 2. The molecular formula is C24H17Cl2N3O3. The molecule has 0 radical (unpaired) electrons. The molecule has 0 saturated carbocycles. The van der Waals surface area contributed by atoms with Crippen LogP contribution >= 0.6 is 23.2 Å². The van der Waals surface area contributed by atoms with Gasteiger partial charge in [0.25, 0.3) is 17.7 Å². The number of imide groups is 1. The standard InChI is InChI=1S/C24H17Cl2N3O3/c1-14-5-2-3-8-19(14)28-22(30)15-6-4-7-17(13-15)27-21-20(26)23(31)29(24(21)32)18-11-9-16(25)10-12-18/h2-13,27H,1H3,(H,28,30). The zero-order chi connectivity index (χ0) is 22.8. The molecule has 0 bridgehead atoms. The number of rotatable bonds is 5. The Balaban J connectivity index is 1.55. The van der Waals surface area contributed by atoms with Gasteiger partial charge in [0, 0.05) is 22.0 Å². The first-order valence-corrected chi connectivity index (χ1v) is 10.4. The molecule has 8 heteroatoms. The van der Waals surface area contributed by atoms with Gasteiger partial charge in [-0.25, -0.2) is 4.90 Å². The second-order valence-electron chi connectivity index (χ2n) is 7.09. The molecule has 1 aliphatic heterocycles. The Labute approximate surface area is 194 Å². The summed E-state index contributed by atoms with van der Waals surface area (Å²) in [4.78, 5) is 39.1. The van der Waals surface area contributed by atoms with Gasteiger partial charge in [-0.1, -0.05) is 47.5 Å². The van der Waals surface area contributed by atoms with Gasteiger partial charge in [0.1, 0.15) is 10.7 Å². The molecule has 0 unspecified atom stereocenters.